The van der Waals surface area contributed by atoms with Crippen LogP contribution in [0.15, 0.2) is 65.3 Å². The molecule has 0 spiro atoms. The monoisotopic (exact) mass is 362 g/mol. The highest BCUT2D eigenvalue weighted by molar-refractivity contribution is 5.93. The van der Waals surface area contributed by atoms with Gasteiger partial charge in [0.25, 0.3) is 0 Å². The van der Waals surface area contributed by atoms with Crippen LogP contribution in [0.4, 0.5) is 0 Å². The lowest BCUT2D eigenvalue weighted by Crippen LogP contribution is -2.26. The van der Waals surface area contributed by atoms with Crippen LogP contribution in [0.3, 0.4) is 0 Å². The molecule has 0 saturated carbocycles. The van der Waals surface area contributed by atoms with E-state index in [9.17, 15) is 10.1 Å². The standard InChI is InChI=1S/C22H22N2O3/c1-3-7-18-20(22(25)26-4-2)19(17(13-23)21(24)27-18)16-11-10-14-8-5-6-9-15(14)12-16/h5-6,8-12,19H,3-4,7,24H2,1-2H3/t19-/m1/s1. The lowest BCUT2D eigenvalue weighted by molar-refractivity contribution is -0.139. The van der Waals surface area contributed by atoms with Crippen LogP contribution >= 0.6 is 0 Å². The minimum atomic E-state index is -0.603. The first kappa shape index (κ1) is 18.5. The quantitative estimate of drug-likeness (QED) is 0.803. The number of nitrogens with zero attached hydrogens (tertiary/aromatic N) is 1. The van der Waals surface area contributed by atoms with Gasteiger partial charge in [0.2, 0.25) is 5.88 Å². The summed E-state index contributed by atoms with van der Waals surface area (Å²) < 4.78 is 10.9. The topological polar surface area (TPSA) is 85.3 Å². The number of ether oxygens (including phenoxy) is 2. The van der Waals surface area contributed by atoms with Crippen molar-refractivity contribution in [3.63, 3.8) is 0 Å². The molecule has 3 rings (SSSR count). The van der Waals surface area contributed by atoms with Gasteiger partial charge >= 0.3 is 5.97 Å². The number of rotatable bonds is 5. The SMILES string of the molecule is CCCC1=C(C(=O)OCC)[C@H](c2ccc3ccccc3c2)C(C#N)=C(N)O1. The molecule has 0 aliphatic carbocycles. The average molecular weight is 362 g/mol. The van der Waals surface area contributed by atoms with E-state index in [-0.39, 0.29) is 18.1 Å². The van der Waals surface area contributed by atoms with Gasteiger partial charge in [0, 0.05) is 6.42 Å². The molecule has 1 heterocycles. The van der Waals surface area contributed by atoms with Gasteiger partial charge in [-0.1, -0.05) is 49.4 Å². The summed E-state index contributed by atoms with van der Waals surface area (Å²) in [4.78, 5) is 12.8. The Balaban J connectivity index is 2.21. The second-order valence-corrected chi connectivity index (χ2v) is 6.34. The predicted octanol–water partition coefficient (Wildman–Crippen LogP) is 4.26. The van der Waals surface area contributed by atoms with E-state index in [2.05, 4.69) is 6.07 Å². The maximum atomic E-state index is 12.8. The van der Waals surface area contributed by atoms with E-state index in [0.29, 0.717) is 17.8 Å². The van der Waals surface area contributed by atoms with Crippen molar-refractivity contribution in [1.29, 1.82) is 5.26 Å². The fourth-order valence-electron chi connectivity index (χ4n) is 3.38. The molecule has 2 N–H and O–H groups in total. The molecule has 0 fully saturated rings. The smallest absolute Gasteiger partial charge is 0.338 e. The zero-order chi connectivity index (χ0) is 19.4. The van der Waals surface area contributed by atoms with E-state index in [0.717, 1.165) is 22.8 Å². The number of benzene rings is 2. The van der Waals surface area contributed by atoms with E-state index in [1.807, 2.05) is 49.4 Å². The summed E-state index contributed by atoms with van der Waals surface area (Å²) in [5, 5.41) is 11.8. The van der Waals surface area contributed by atoms with E-state index in [1.54, 1.807) is 6.92 Å². The normalized spacial score (nSPS) is 16.9. The zero-order valence-electron chi connectivity index (χ0n) is 15.5. The van der Waals surface area contributed by atoms with Crippen molar-refractivity contribution in [2.75, 3.05) is 6.61 Å². The molecule has 5 heteroatoms. The number of carbonyl (C=O) groups is 1. The lowest BCUT2D eigenvalue weighted by atomic mass is 9.81. The van der Waals surface area contributed by atoms with Crippen molar-refractivity contribution in [3.8, 4) is 6.07 Å². The molecule has 1 atom stereocenters. The number of hydrogen-bond donors (Lipinski definition) is 1. The highest BCUT2D eigenvalue weighted by atomic mass is 16.5. The maximum absolute atomic E-state index is 12.8. The summed E-state index contributed by atoms with van der Waals surface area (Å²) in [5.74, 6) is -0.550. The van der Waals surface area contributed by atoms with Crippen LogP contribution in [0, 0.1) is 11.3 Å². The zero-order valence-corrected chi connectivity index (χ0v) is 15.5. The van der Waals surface area contributed by atoms with Crippen molar-refractivity contribution in [2.45, 2.75) is 32.6 Å². The second kappa shape index (κ2) is 7.96. The molecule has 1 aliphatic rings. The third kappa shape index (κ3) is 3.52. The molecule has 5 nitrogen and oxygen atoms in total. The van der Waals surface area contributed by atoms with E-state index < -0.39 is 11.9 Å². The molecule has 1 aliphatic heterocycles. The number of esters is 1. The molecule has 27 heavy (non-hydrogen) atoms. The van der Waals surface area contributed by atoms with Crippen LogP contribution in [0.1, 0.15) is 38.2 Å². The Bertz CT molecular complexity index is 982. The van der Waals surface area contributed by atoms with Gasteiger partial charge in [0.1, 0.15) is 17.4 Å². The molecule has 138 valence electrons. The Morgan fingerprint density at radius 3 is 2.63 bits per heavy atom. The first-order valence-electron chi connectivity index (χ1n) is 9.07. The first-order valence-corrected chi connectivity index (χ1v) is 9.07. The Kier molecular flexibility index (Phi) is 5.46. The minimum Gasteiger partial charge on any atom is -0.463 e. The third-order valence-corrected chi connectivity index (χ3v) is 4.58. The number of hydrogen-bond acceptors (Lipinski definition) is 5. The molecular weight excluding hydrogens is 340 g/mol. The molecule has 2 aromatic rings. The van der Waals surface area contributed by atoms with Gasteiger partial charge in [-0.15, -0.1) is 0 Å². The molecule has 0 unspecified atom stereocenters. The van der Waals surface area contributed by atoms with E-state index in [4.69, 9.17) is 15.2 Å². The molecule has 0 radical (unpaired) electrons. The van der Waals surface area contributed by atoms with Crippen molar-refractivity contribution in [3.05, 3.63) is 70.8 Å². The van der Waals surface area contributed by atoms with Gasteiger partial charge in [0.15, 0.2) is 0 Å². The highest BCUT2D eigenvalue weighted by Gasteiger charge is 2.37. The molecular formula is C22H22N2O3. The van der Waals surface area contributed by atoms with Crippen LogP contribution in [-0.4, -0.2) is 12.6 Å². The van der Waals surface area contributed by atoms with Crippen molar-refractivity contribution < 1.29 is 14.3 Å². The summed E-state index contributed by atoms with van der Waals surface area (Å²) in [7, 11) is 0. The van der Waals surface area contributed by atoms with Gasteiger partial charge in [-0.3, -0.25) is 0 Å². The number of allylic oxidation sites excluding steroid dienone is 2. The summed E-state index contributed by atoms with van der Waals surface area (Å²) in [6, 6.07) is 16.0. The Hall–Kier alpha value is -3.26. The van der Waals surface area contributed by atoms with Gasteiger partial charge in [-0.25, -0.2) is 4.79 Å². The minimum absolute atomic E-state index is 0.0483. The number of carbonyl (C=O) groups excluding carboxylic acids is 1. The fraction of sp³-hybridized carbons (Fsp3) is 0.273. The van der Waals surface area contributed by atoms with Gasteiger partial charge < -0.3 is 15.2 Å². The maximum Gasteiger partial charge on any atom is 0.338 e. The van der Waals surface area contributed by atoms with Crippen LogP contribution in [0.2, 0.25) is 0 Å². The highest BCUT2D eigenvalue weighted by Crippen LogP contribution is 2.41. The van der Waals surface area contributed by atoms with Gasteiger partial charge in [-0.05, 0) is 29.7 Å². The Morgan fingerprint density at radius 2 is 1.96 bits per heavy atom. The van der Waals surface area contributed by atoms with Crippen molar-refractivity contribution in [2.24, 2.45) is 5.73 Å². The second-order valence-electron chi connectivity index (χ2n) is 6.34. The van der Waals surface area contributed by atoms with Crippen molar-refractivity contribution >= 4 is 16.7 Å². The number of nitrogens with two attached hydrogens (primary N) is 1. The fourth-order valence-corrected chi connectivity index (χ4v) is 3.38. The molecule has 0 bridgehead atoms. The number of nitriles is 1. The van der Waals surface area contributed by atoms with Crippen molar-refractivity contribution in [1.82, 2.24) is 0 Å². The summed E-state index contributed by atoms with van der Waals surface area (Å²) in [5.41, 5.74) is 7.44. The van der Waals surface area contributed by atoms with Gasteiger partial charge in [0.05, 0.1) is 18.1 Å². The summed E-state index contributed by atoms with van der Waals surface area (Å²) >= 11 is 0. The van der Waals surface area contributed by atoms with Gasteiger partial charge in [-0.2, -0.15) is 5.26 Å². The largest absolute Gasteiger partial charge is 0.463 e. The first-order chi connectivity index (χ1) is 13.1. The van der Waals surface area contributed by atoms with Crippen LogP contribution in [0.25, 0.3) is 10.8 Å². The lowest BCUT2D eigenvalue weighted by Gasteiger charge is -2.28. The summed E-state index contributed by atoms with van der Waals surface area (Å²) in [6.07, 6.45) is 1.31. The Labute approximate surface area is 158 Å². The third-order valence-electron chi connectivity index (χ3n) is 4.58. The molecule has 0 amide bonds. The van der Waals surface area contributed by atoms with Crippen LogP contribution in [0.5, 0.6) is 0 Å². The summed E-state index contributed by atoms with van der Waals surface area (Å²) in [6.45, 7) is 3.99. The van der Waals surface area contributed by atoms with E-state index >= 15 is 0 Å². The average Bonchev–Trinajstić information content (AvgIpc) is 2.67. The van der Waals surface area contributed by atoms with E-state index in [1.165, 1.54) is 0 Å². The predicted molar refractivity (Wildman–Crippen MR) is 103 cm³/mol. The number of fused-ring (bicyclic) bond motifs is 1. The molecule has 2 aromatic carbocycles. The Morgan fingerprint density at radius 1 is 1.22 bits per heavy atom. The molecule has 0 saturated heterocycles. The van der Waals surface area contributed by atoms with Crippen LogP contribution in [-0.2, 0) is 14.3 Å². The van der Waals surface area contributed by atoms with Crippen LogP contribution < -0.4 is 5.73 Å². The molecule has 0 aromatic heterocycles.